The van der Waals surface area contributed by atoms with Crippen LogP contribution < -0.4 is 5.32 Å². The summed E-state index contributed by atoms with van der Waals surface area (Å²) >= 11 is 0. The summed E-state index contributed by atoms with van der Waals surface area (Å²) in [5, 5.41) is 3.49. The summed E-state index contributed by atoms with van der Waals surface area (Å²) < 4.78 is 13.6. The van der Waals surface area contributed by atoms with E-state index in [9.17, 15) is 4.39 Å². The summed E-state index contributed by atoms with van der Waals surface area (Å²) in [5.74, 6) is -0.0969. The molecule has 1 nitrogen and oxygen atoms in total. The van der Waals surface area contributed by atoms with E-state index in [1.807, 2.05) is 26.0 Å². The van der Waals surface area contributed by atoms with E-state index in [-0.39, 0.29) is 11.9 Å². The van der Waals surface area contributed by atoms with Crippen LogP contribution in [0.25, 0.3) is 0 Å². The molecule has 0 radical (unpaired) electrons. The third-order valence-electron chi connectivity index (χ3n) is 3.69. The Bertz CT molecular complexity index is 564. The van der Waals surface area contributed by atoms with Crippen molar-refractivity contribution in [1.29, 1.82) is 0 Å². The third kappa shape index (κ3) is 3.45. The van der Waals surface area contributed by atoms with Gasteiger partial charge in [0.15, 0.2) is 0 Å². The Balaban J connectivity index is 2.03. The first-order valence-corrected chi connectivity index (χ1v) is 7.03. The molecule has 1 unspecified atom stereocenters. The van der Waals surface area contributed by atoms with Gasteiger partial charge in [-0.15, -0.1) is 0 Å². The van der Waals surface area contributed by atoms with Crippen LogP contribution in [0.3, 0.4) is 0 Å². The molecule has 0 aliphatic rings. The summed E-state index contributed by atoms with van der Waals surface area (Å²) in [6.07, 6.45) is 0. The van der Waals surface area contributed by atoms with Crippen LogP contribution in [0.15, 0.2) is 36.4 Å². The SMILES string of the molecule is Cc1ccc(C(C)NCc2cc(C)c(F)c(C)c2)cc1. The highest BCUT2D eigenvalue weighted by molar-refractivity contribution is 5.30. The van der Waals surface area contributed by atoms with Gasteiger partial charge in [-0.3, -0.25) is 0 Å². The van der Waals surface area contributed by atoms with Gasteiger partial charge in [-0.1, -0.05) is 42.0 Å². The minimum Gasteiger partial charge on any atom is -0.306 e. The van der Waals surface area contributed by atoms with Gasteiger partial charge in [0.05, 0.1) is 0 Å². The Morgan fingerprint density at radius 3 is 2.10 bits per heavy atom. The van der Waals surface area contributed by atoms with Gasteiger partial charge in [0.25, 0.3) is 0 Å². The van der Waals surface area contributed by atoms with E-state index in [2.05, 4.69) is 43.4 Å². The maximum atomic E-state index is 13.6. The number of benzene rings is 2. The Morgan fingerprint density at radius 2 is 1.55 bits per heavy atom. The highest BCUT2D eigenvalue weighted by Gasteiger charge is 2.07. The van der Waals surface area contributed by atoms with Crippen molar-refractivity contribution >= 4 is 0 Å². The van der Waals surface area contributed by atoms with E-state index in [0.29, 0.717) is 11.1 Å². The van der Waals surface area contributed by atoms with Gasteiger partial charge in [-0.2, -0.15) is 0 Å². The predicted molar refractivity (Wildman–Crippen MR) is 82.3 cm³/mol. The van der Waals surface area contributed by atoms with Crippen LogP contribution in [0, 0.1) is 26.6 Å². The maximum absolute atomic E-state index is 13.6. The second kappa shape index (κ2) is 6.19. The molecule has 2 aromatic rings. The predicted octanol–water partition coefficient (Wildman–Crippen LogP) is 4.60. The van der Waals surface area contributed by atoms with Gasteiger partial charge in [0, 0.05) is 12.6 Å². The summed E-state index contributed by atoms with van der Waals surface area (Å²) in [6, 6.07) is 12.7. The van der Waals surface area contributed by atoms with Crippen molar-refractivity contribution in [2.24, 2.45) is 0 Å². The number of hydrogen-bond acceptors (Lipinski definition) is 1. The molecule has 1 N–H and O–H groups in total. The molecule has 0 aliphatic carbocycles. The first-order chi connectivity index (χ1) is 9.47. The molecule has 0 heterocycles. The van der Waals surface area contributed by atoms with Gasteiger partial charge < -0.3 is 5.32 Å². The monoisotopic (exact) mass is 271 g/mol. The van der Waals surface area contributed by atoms with Crippen molar-refractivity contribution in [2.45, 2.75) is 40.3 Å². The van der Waals surface area contributed by atoms with Gasteiger partial charge in [-0.25, -0.2) is 4.39 Å². The normalized spacial score (nSPS) is 12.4. The van der Waals surface area contributed by atoms with Gasteiger partial charge in [0.2, 0.25) is 0 Å². The lowest BCUT2D eigenvalue weighted by Gasteiger charge is -2.15. The van der Waals surface area contributed by atoms with E-state index in [0.717, 1.165) is 12.1 Å². The fraction of sp³-hybridized carbons (Fsp3) is 0.333. The van der Waals surface area contributed by atoms with E-state index in [1.54, 1.807) is 0 Å². The van der Waals surface area contributed by atoms with Crippen molar-refractivity contribution in [1.82, 2.24) is 5.32 Å². The van der Waals surface area contributed by atoms with E-state index in [4.69, 9.17) is 0 Å². The summed E-state index contributed by atoms with van der Waals surface area (Å²) in [6.45, 7) is 8.61. The molecule has 2 heteroatoms. The molecule has 2 aromatic carbocycles. The number of hydrogen-bond donors (Lipinski definition) is 1. The molecule has 0 saturated heterocycles. The minimum atomic E-state index is -0.0969. The lowest BCUT2D eigenvalue weighted by Crippen LogP contribution is -2.18. The van der Waals surface area contributed by atoms with Gasteiger partial charge >= 0.3 is 0 Å². The van der Waals surface area contributed by atoms with Crippen LogP contribution in [0.2, 0.25) is 0 Å². The zero-order chi connectivity index (χ0) is 14.7. The van der Waals surface area contributed by atoms with Crippen molar-refractivity contribution < 1.29 is 4.39 Å². The Hall–Kier alpha value is -1.67. The van der Waals surface area contributed by atoms with E-state index in [1.165, 1.54) is 11.1 Å². The Morgan fingerprint density at radius 1 is 1.00 bits per heavy atom. The fourth-order valence-corrected chi connectivity index (χ4v) is 2.38. The standard InChI is InChI=1S/C18H22FN/c1-12-5-7-17(8-6-12)15(4)20-11-16-9-13(2)18(19)14(3)10-16/h5-10,15,20H,11H2,1-4H3. The molecule has 0 aromatic heterocycles. The van der Waals surface area contributed by atoms with Crippen molar-refractivity contribution in [2.75, 3.05) is 0 Å². The topological polar surface area (TPSA) is 12.0 Å². The maximum Gasteiger partial charge on any atom is 0.129 e. The molecule has 0 aliphatic heterocycles. The summed E-state index contributed by atoms with van der Waals surface area (Å²) in [5.41, 5.74) is 5.09. The van der Waals surface area contributed by atoms with E-state index < -0.39 is 0 Å². The van der Waals surface area contributed by atoms with Gasteiger partial charge in [0.1, 0.15) is 5.82 Å². The smallest absolute Gasteiger partial charge is 0.129 e. The first-order valence-electron chi connectivity index (χ1n) is 7.03. The lowest BCUT2D eigenvalue weighted by atomic mass is 10.0. The summed E-state index contributed by atoms with van der Waals surface area (Å²) in [7, 11) is 0. The number of aryl methyl sites for hydroxylation is 3. The van der Waals surface area contributed by atoms with Crippen LogP contribution in [0.5, 0.6) is 0 Å². The molecule has 1 atom stereocenters. The number of nitrogens with one attached hydrogen (secondary N) is 1. The molecule has 106 valence electrons. The highest BCUT2D eigenvalue weighted by Crippen LogP contribution is 2.17. The first kappa shape index (κ1) is 14.7. The zero-order valence-corrected chi connectivity index (χ0v) is 12.6. The van der Waals surface area contributed by atoms with Crippen LogP contribution in [-0.4, -0.2) is 0 Å². The fourth-order valence-electron chi connectivity index (χ4n) is 2.38. The quantitative estimate of drug-likeness (QED) is 0.856. The number of halogens is 1. The molecule has 0 fully saturated rings. The highest BCUT2D eigenvalue weighted by atomic mass is 19.1. The summed E-state index contributed by atoms with van der Waals surface area (Å²) in [4.78, 5) is 0. The molecular weight excluding hydrogens is 249 g/mol. The van der Waals surface area contributed by atoms with Crippen molar-refractivity contribution in [3.8, 4) is 0 Å². The Labute approximate surface area is 120 Å². The van der Waals surface area contributed by atoms with Crippen LogP contribution in [0.1, 0.15) is 40.8 Å². The molecule has 0 amide bonds. The van der Waals surface area contributed by atoms with E-state index >= 15 is 0 Å². The minimum absolute atomic E-state index is 0.0969. The van der Waals surface area contributed by atoms with Crippen LogP contribution in [0.4, 0.5) is 4.39 Å². The third-order valence-corrected chi connectivity index (χ3v) is 3.69. The average Bonchev–Trinajstić information content (AvgIpc) is 2.42. The van der Waals surface area contributed by atoms with Crippen molar-refractivity contribution in [3.63, 3.8) is 0 Å². The molecule has 20 heavy (non-hydrogen) atoms. The molecule has 0 bridgehead atoms. The van der Waals surface area contributed by atoms with Crippen molar-refractivity contribution in [3.05, 3.63) is 70.0 Å². The second-order valence-corrected chi connectivity index (χ2v) is 5.56. The van der Waals surface area contributed by atoms with Crippen LogP contribution in [-0.2, 0) is 6.54 Å². The van der Waals surface area contributed by atoms with Crippen LogP contribution >= 0.6 is 0 Å². The molecule has 0 spiro atoms. The average molecular weight is 271 g/mol. The largest absolute Gasteiger partial charge is 0.306 e. The number of rotatable bonds is 4. The lowest BCUT2D eigenvalue weighted by molar-refractivity contribution is 0.570. The Kier molecular flexibility index (Phi) is 4.56. The molecular formula is C18H22FN. The second-order valence-electron chi connectivity index (χ2n) is 5.56. The molecule has 2 rings (SSSR count). The zero-order valence-electron chi connectivity index (χ0n) is 12.6. The molecule has 0 saturated carbocycles. The van der Waals surface area contributed by atoms with Gasteiger partial charge in [-0.05, 0) is 49.9 Å².